The number of hydrogen-bond acceptors (Lipinski definition) is 6. The number of carbonyl (C=O) groups excluding carboxylic acids is 1. The molecule has 29 heavy (non-hydrogen) atoms. The molecule has 11 heteroatoms. The summed E-state index contributed by atoms with van der Waals surface area (Å²) in [5, 5.41) is 0. The SMILES string of the molecule is CC1CN(c2nc3n(c(=O)c2F)CCC(C(F)(F)F)N3CC(=O)C2CC2)CCO1. The standard InChI is InChI=1S/C18H22F4N4O3/c1-10-8-24(6-7-29-10)15-14(19)16(28)25-5-4-13(18(20,21)22)26(17(25)23-15)9-12(27)11-2-3-11/h10-11,13H,2-9H2,1H3. The summed E-state index contributed by atoms with van der Waals surface area (Å²) in [4.78, 5) is 31.4. The first kappa shape index (κ1) is 20.1. The summed E-state index contributed by atoms with van der Waals surface area (Å²) in [6.45, 7) is 1.78. The lowest BCUT2D eigenvalue weighted by Gasteiger charge is -2.39. The van der Waals surface area contributed by atoms with Gasteiger partial charge in [0, 0.05) is 25.6 Å². The summed E-state index contributed by atoms with van der Waals surface area (Å²) in [7, 11) is 0. The van der Waals surface area contributed by atoms with Crippen molar-refractivity contribution in [3.05, 3.63) is 16.2 Å². The lowest BCUT2D eigenvalue weighted by Crippen LogP contribution is -2.55. The lowest BCUT2D eigenvalue weighted by atomic mass is 10.1. The van der Waals surface area contributed by atoms with Gasteiger partial charge in [-0.25, -0.2) is 0 Å². The van der Waals surface area contributed by atoms with Gasteiger partial charge >= 0.3 is 6.18 Å². The molecule has 0 spiro atoms. The third kappa shape index (κ3) is 3.84. The van der Waals surface area contributed by atoms with Gasteiger partial charge in [0.05, 0.1) is 19.3 Å². The fraction of sp³-hybridized carbons (Fsp3) is 0.722. The van der Waals surface area contributed by atoms with Gasteiger partial charge in [-0.1, -0.05) is 0 Å². The Morgan fingerprint density at radius 2 is 1.97 bits per heavy atom. The average molecular weight is 418 g/mol. The molecule has 0 bridgehead atoms. The van der Waals surface area contributed by atoms with Gasteiger partial charge in [-0.05, 0) is 26.2 Å². The quantitative estimate of drug-likeness (QED) is 0.694. The fourth-order valence-corrected chi connectivity index (χ4v) is 3.92. The van der Waals surface area contributed by atoms with Gasteiger partial charge in [0.15, 0.2) is 11.6 Å². The van der Waals surface area contributed by atoms with E-state index in [0.29, 0.717) is 12.8 Å². The van der Waals surface area contributed by atoms with Crippen molar-refractivity contribution in [2.45, 2.75) is 51.1 Å². The lowest BCUT2D eigenvalue weighted by molar-refractivity contribution is -0.153. The number of nitrogens with zero attached hydrogens (tertiary/aromatic N) is 4. The minimum Gasteiger partial charge on any atom is -0.375 e. The van der Waals surface area contributed by atoms with Gasteiger partial charge in [0.1, 0.15) is 6.04 Å². The Bertz CT molecular complexity index is 868. The number of hydrogen-bond donors (Lipinski definition) is 0. The number of anilines is 2. The second-order valence-corrected chi connectivity index (χ2v) is 7.85. The summed E-state index contributed by atoms with van der Waals surface area (Å²) < 4.78 is 62.1. The summed E-state index contributed by atoms with van der Waals surface area (Å²) in [6.07, 6.45) is -3.97. The van der Waals surface area contributed by atoms with Crippen LogP contribution in [0, 0.1) is 11.7 Å². The molecule has 1 aromatic heterocycles. The Morgan fingerprint density at radius 3 is 2.59 bits per heavy atom. The van der Waals surface area contributed by atoms with Crippen LogP contribution in [-0.2, 0) is 16.1 Å². The minimum atomic E-state index is -4.60. The third-order valence-corrected chi connectivity index (χ3v) is 5.61. The van der Waals surface area contributed by atoms with E-state index in [4.69, 9.17) is 4.74 Å². The van der Waals surface area contributed by atoms with Gasteiger partial charge in [-0.3, -0.25) is 14.2 Å². The zero-order valence-corrected chi connectivity index (χ0v) is 15.9. The first-order valence-corrected chi connectivity index (χ1v) is 9.69. The van der Waals surface area contributed by atoms with E-state index in [0.717, 1.165) is 9.47 Å². The van der Waals surface area contributed by atoms with E-state index >= 15 is 0 Å². The molecule has 2 unspecified atom stereocenters. The largest absolute Gasteiger partial charge is 0.408 e. The van der Waals surface area contributed by atoms with Crippen LogP contribution >= 0.6 is 0 Å². The number of carbonyl (C=O) groups is 1. The molecular formula is C18H22F4N4O3. The molecule has 1 saturated heterocycles. The van der Waals surface area contributed by atoms with Crippen LogP contribution < -0.4 is 15.4 Å². The highest BCUT2D eigenvalue weighted by molar-refractivity contribution is 5.87. The van der Waals surface area contributed by atoms with Gasteiger partial charge in [-0.2, -0.15) is 22.5 Å². The molecule has 160 valence electrons. The number of ketones is 1. The second-order valence-electron chi connectivity index (χ2n) is 7.85. The van der Waals surface area contributed by atoms with Crippen LogP contribution in [-0.4, -0.2) is 59.9 Å². The number of ether oxygens (including phenoxy) is 1. The van der Waals surface area contributed by atoms with Crippen molar-refractivity contribution < 1.29 is 27.1 Å². The van der Waals surface area contributed by atoms with E-state index in [9.17, 15) is 27.2 Å². The summed E-state index contributed by atoms with van der Waals surface area (Å²) in [5.41, 5.74) is -1.02. The minimum absolute atomic E-state index is 0.237. The van der Waals surface area contributed by atoms with Crippen molar-refractivity contribution >= 4 is 17.5 Å². The number of alkyl halides is 3. The summed E-state index contributed by atoms with van der Waals surface area (Å²) in [5.74, 6) is -2.24. The van der Waals surface area contributed by atoms with Gasteiger partial charge in [0.25, 0.3) is 5.56 Å². The van der Waals surface area contributed by atoms with Crippen molar-refractivity contribution in [3.8, 4) is 0 Å². The number of Topliss-reactive ketones (excluding diaryl/α,β-unsaturated/α-hetero) is 1. The Morgan fingerprint density at radius 1 is 1.24 bits per heavy atom. The number of morpholine rings is 1. The highest BCUT2D eigenvalue weighted by Gasteiger charge is 2.48. The molecule has 4 rings (SSSR count). The Kier molecular flexibility index (Phi) is 5.04. The molecule has 3 heterocycles. The maximum Gasteiger partial charge on any atom is 0.408 e. The van der Waals surface area contributed by atoms with Crippen LogP contribution in [0.15, 0.2) is 4.79 Å². The average Bonchev–Trinajstić information content (AvgIpc) is 3.49. The zero-order valence-electron chi connectivity index (χ0n) is 15.9. The van der Waals surface area contributed by atoms with Gasteiger partial charge < -0.3 is 14.5 Å². The Labute approximate surface area is 164 Å². The molecule has 1 aliphatic carbocycles. The molecule has 0 N–H and O–H groups in total. The van der Waals surface area contributed by atoms with Crippen molar-refractivity contribution in [1.82, 2.24) is 9.55 Å². The fourth-order valence-electron chi connectivity index (χ4n) is 3.92. The molecule has 3 aliphatic rings. The third-order valence-electron chi connectivity index (χ3n) is 5.61. The first-order valence-electron chi connectivity index (χ1n) is 9.69. The van der Waals surface area contributed by atoms with Crippen molar-refractivity contribution in [1.29, 1.82) is 0 Å². The number of aromatic nitrogens is 2. The maximum atomic E-state index is 14.8. The highest BCUT2D eigenvalue weighted by Crippen LogP contribution is 2.36. The van der Waals surface area contributed by atoms with E-state index in [1.165, 1.54) is 4.90 Å². The van der Waals surface area contributed by atoms with E-state index in [2.05, 4.69) is 4.98 Å². The Balaban J connectivity index is 1.77. The molecule has 2 aliphatic heterocycles. The molecule has 1 aromatic rings. The van der Waals surface area contributed by atoms with Gasteiger partial charge in [0.2, 0.25) is 11.8 Å². The molecule has 0 amide bonds. The number of fused-ring (bicyclic) bond motifs is 1. The second kappa shape index (κ2) is 7.26. The van der Waals surface area contributed by atoms with Crippen LogP contribution in [0.5, 0.6) is 0 Å². The molecule has 0 radical (unpaired) electrons. The van der Waals surface area contributed by atoms with Crippen LogP contribution in [0.2, 0.25) is 0 Å². The summed E-state index contributed by atoms with van der Waals surface area (Å²) >= 11 is 0. The van der Waals surface area contributed by atoms with Crippen LogP contribution in [0.4, 0.5) is 29.3 Å². The van der Waals surface area contributed by atoms with Crippen LogP contribution in [0.25, 0.3) is 0 Å². The first-order chi connectivity index (χ1) is 13.7. The van der Waals surface area contributed by atoms with Crippen LogP contribution in [0.3, 0.4) is 0 Å². The normalized spacial score (nSPS) is 25.1. The van der Waals surface area contributed by atoms with Crippen molar-refractivity contribution in [3.63, 3.8) is 0 Å². The van der Waals surface area contributed by atoms with E-state index in [1.807, 2.05) is 0 Å². The molecule has 2 atom stereocenters. The van der Waals surface area contributed by atoms with E-state index in [-0.39, 0.29) is 55.8 Å². The van der Waals surface area contributed by atoms with E-state index in [1.54, 1.807) is 6.92 Å². The predicted molar refractivity (Wildman–Crippen MR) is 95.6 cm³/mol. The number of rotatable bonds is 4. The molecular weight excluding hydrogens is 396 g/mol. The smallest absolute Gasteiger partial charge is 0.375 e. The van der Waals surface area contributed by atoms with Crippen LogP contribution in [0.1, 0.15) is 26.2 Å². The molecule has 7 nitrogen and oxygen atoms in total. The van der Waals surface area contributed by atoms with Gasteiger partial charge in [-0.15, -0.1) is 0 Å². The highest BCUT2D eigenvalue weighted by atomic mass is 19.4. The van der Waals surface area contributed by atoms with Crippen molar-refractivity contribution in [2.24, 2.45) is 5.92 Å². The predicted octanol–water partition coefficient (Wildman–Crippen LogP) is 1.73. The number of halogens is 4. The maximum absolute atomic E-state index is 14.8. The topological polar surface area (TPSA) is 67.7 Å². The molecule has 0 aromatic carbocycles. The molecule has 2 fully saturated rings. The monoisotopic (exact) mass is 418 g/mol. The van der Waals surface area contributed by atoms with E-state index < -0.39 is 36.6 Å². The Hall–Kier alpha value is -2.17. The zero-order chi connectivity index (χ0) is 20.9. The van der Waals surface area contributed by atoms with Crippen molar-refractivity contribution in [2.75, 3.05) is 36.0 Å². The molecule has 1 saturated carbocycles. The summed E-state index contributed by atoms with van der Waals surface area (Å²) in [6, 6.07) is -1.95.